The number of nitrogens with zero attached hydrogens (tertiary/aromatic N) is 1. The van der Waals surface area contributed by atoms with E-state index in [1.807, 2.05) is 13.8 Å². The van der Waals surface area contributed by atoms with Crippen LogP contribution in [0.25, 0.3) is 0 Å². The van der Waals surface area contributed by atoms with E-state index in [-0.39, 0.29) is 13.0 Å². The Hall–Kier alpha value is -2.26. The maximum absolute atomic E-state index is 10.5. The monoisotopic (exact) mass is 292 g/mol. The van der Waals surface area contributed by atoms with Gasteiger partial charge in [-0.3, -0.25) is 10.1 Å². The number of ether oxygens (including phenoxy) is 2. The Labute approximate surface area is 124 Å². The third kappa shape index (κ3) is 5.32. The van der Waals surface area contributed by atoms with Gasteiger partial charge < -0.3 is 14.6 Å². The molecule has 6 nitrogen and oxygen atoms in total. The van der Waals surface area contributed by atoms with Crippen molar-refractivity contribution in [2.24, 2.45) is 0 Å². The van der Waals surface area contributed by atoms with Crippen molar-refractivity contribution in [2.45, 2.75) is 26.3 Å². The van der Waals surface area contributed by atoms with Crippen LogP contribution in [-0.2, 0) is 4.79 Å². The van der Waals surface area contributed by atoms with Gasteiger partial charge in [0.2, 0.25) is 0 Å². The number of nitriles is 1. The fraction of sp³-hybridized carbons (Fsp3) is 0.467. The molecule has 0 radical (unpaired) electrons. The first kappa shape index (κ1) is 16.8. The Balaban J connectivity index is 2.86. The number of nitrogens with one attached hydrogen (secondary N) is 1. The van der Waals surface area contributed by atoms with Crippen molar-refractivity contribution in [2.75, 3.05) is 19.8 Å². The summed E-state index contributed by atoms with van der Waals surface area (Å²) in [6.45, 7) is 5.00. The highest BCUT2D eigenvalue weighted by molar-refractivity contribution is 5.66. The third-order valence-electron chi connectivity index (χ3n) is 2.72. The minimum atomic E-state index is -0.902. The molecule has 1 aromatic rings. The number of carboxylic acid groups (broad SMARTS) is 1. The Kier molecular flexibility index (Phi) is 7.05. The fourth-order valence-electron chi connectivity index (χ4n) is 1.81. The third-order valence-corrected chi connectivity index (χ3v) is 2.72. The molecule has 0 saturated carbocycles. The van der Waals surface area contributed by atoms with Crippen LogP contribution in [0.3, 0.4) is 0 Å². The van der Waals surface area contributed by atoms with Gasteiger partial charge in [-0.25, -0.2) is 0 Å². The predicted molar refractivity (Wildman–Crippen MR) is 77.4 cm³/mol. The van der Waals surface area contributed by atoms with Crippen LogP contribution in [0.2, 0.25) is 0 Å². The molecule has 114 valence electrons. The first-order valence-electron chi connectivity index (χ1n) is 6.86. The lowest BCUT2D eigenvalue weighted by molar-refractivity contribution is -0.136. The Morgan fingerprint density at radius 3 is 2.57 bits per heavy atom. The molecule has 6 heteroatoms. The van der Waals surface area contributed by atoms with E-state index in [0.29, 0.717) is 24.7 Å². The van der Waals surface area contributed by atoms with Gasteiger partial charge in [-0.05, 0) is 31.5 Å². The molecular formula is C15H20N2O4. The van der Waals surface area contributed by atoms with Gasteiger partial charge in [0, 0.05) is 6.54 Å². The summed E-state index contributed by atoms with van der Waals surface area (Å²) in [5, 5.41) is 20.7. The zero-order chi connectivity index (χ0) is 15.7. The van der Waals surface area contributed by atoms with Gasteiger partial charge in [0.15, 0.2) is 11.5 Å². The lowest BCUT2D eigenvalue weighted by Gasteiger charge is -2.15. The van der Waals surface area contributed by atoms with Gasteiger partial charge in [0.1, 0.15) is 6.04 Å². The quantitative estimate of drug-likeness (QED) is 0.724. The van der Waals surface area contributed by atoms with Crippen molar-refractivity contribution in [1.82, 2.24) is 5.32 Å². The number of hydrogen-bond donors (Lipinski definition) is 2. The Morgan fingerprint density at radius 2 is 2.00 bits per heavy atom. The molecule has 21 heavy (non-hydrogen) atoms. The number of carboxylic acids is 1. The van der Waals surface area contributed by atoms with E-state index in [2.05, 4.69) is 11.4 Å². The largest absolute Gasteiger partial charge is 0.490 e. The smallest absolute Gasteiger partial charge is 0.304 e. The molecule has 0 fully saturated rings. The van der Waals surface area contributed by atoms with Gasteiger partial charge in [-0.15, -0.1) is 0 Å². The molecule has 1 atom stereocenters. The van der Waals surface area contributed by atoms with E-state index >= 15 is 0 Å². The van der Waals surface area contributed by atoms with Crippen molar-refractivity contribution >= 4 is 5.97 Å². The number of carbonyl (C=O) groups is 1. The summed E-state index contributed by atoms with van der Waals surface area (Å²) in [6, 6.07) is 6.80. The second-order valence-electron chi connectivity index (χ2n) is 4.23. The van der Waals surface area contributed by atoms with Crippen molar-refractivity contribution < 1.29 is 19.4 Å². The molecule has 1 rings (SSSR count). The zero-order valence-electron chi connectivity index (χ0n) is 12.3. The zero-order valence-corrected chi connectivity index (χ0v) is 12.3. The molecule has 0 aromatic heterocycles. The molecule has 0 amide bonds. The van der Waals surface area contributed by atoms with Crippen LogP contribution < -0.4 is 14.8 Å². The normalized spacial score (nSPS) is 11.5. The molecule has 1 unspecified atom stereocenters. The molecule has 1 aromatic carbocycles. The highest BCUT2D eigenvalue weighted by atomic mass is 16.5. The average molecular weight is 292 g/mol. The van der Waals surface area contributed by atoms with Crippen molar-refractivity contribution in [1.29, 1.82) is 5.26 Å². The van der Waals surface area contributed by atoms with Crippen LogP contribution in [0, 0.1) is 11.3 Å². The summed E-state index contributed by atoms with van der Waals surface area (Å²) in [6.07, 6.45) is -0.0342. The van der Waals surface area contributed by atoms with E-state index < -0.39 is 12.0 Å². The number of hydrogen-bond acceptors (Lipinski definition) is 5. The van der Waals surface area contributed by atoms with Crippen LogP contribution in [0.5, 0.6) is 11.5 Å². The van der Waals surface area contributed by atoms with Crippen LogP contribution in [0.4, 0.5) is 0 Å². The standard InChI is InChI=1S/C15H20N2O4/c1-3-20-13-6-5-11(9-14(13)21-4-2)12(10-16)17-8-7-15(18)19/h5-6,9,12,17H,3-4,7-8H2,1-2H3,(H,18,19). The van der Waals surface area contributed by atoms with E-state index in [4.69, 9.17) is 14.6 Å². The van der Waals surface area contributed by atoms with E-state index in [0.717, 1.165) is 5.56 Å². The molecule has 0 aliphatic heterocycles. The summed E-state index contributed by atoms with van der Waals surface area (Å²) >= 11 is 0. The minimum Gasteiger partial charge on any atom is -0.490 e. The topological polar surface area (TPSA) is 91.6 Å². The van der Waals surface area contributed by atoms with Crippen LogP contribution >= 0.6 is 0 Å². The van der Waals surface area contributed by atoms with Crippen molar-refractivity contribution in [3.8, 4) is 17.6 Å². The number of benzene rings is 1. The maximum atomic E-state index is 10.5. The first-order valence-corrected chi connectivity index (χ1v) is 6.86. The second-order valence-corrected chi connectivity index (χ2v) is 4.23. The second kappa shape index (κ2) is 8.82. The molecule has 0 aliphatic rings. The van der Waals surface area contributed by atoms with E-state index in [1.54, 1.807) is 18.2 Å². The van der Waals surface area contributed by atoms with Gasteiger partial charge in [0.25, 0.3) is 0 Å². The summed E-state index contributed by atoms with van der Waals surface area (Å²) in [5.74, 6) is 0.309. The Morgan fingerprint density at radius 1 is 1.33 bits per heavy atom. The highest BCUT2D eigenvalue weighted by Gasteiger charge is 2.14. The van der Waals surface area contributed by atoms with Crippen LogP contribution in [0.1, 0.15) is 31.9 Å². The predicted octanol–water partition coefficient (Wildman–Crippen LogP) is 2.11. The average Bonchev–Trinajstić information content (AvgIpc) is 2.46. The van der Waals surface area contributed by atoms with Gasteiger partial charge in [0.05, 0.1) is 25.7 Å². The van der Waals surface area contributed by atoms with Crippen molar-refractivity contribution in [3.63, 3.8) is 0 Å². The lowest BCUT2D eigenvalue weighted by atomic mass is 10.1. The van der Waals surface area contributed by atoms with Crippen LogP contribution in [0.15, 0.2) is 18.2 Å². The van der Waals surface area contributed by atoms with Crippen molar-refractivity contribution in [3.05, 3.63) is 23.8 Å². The Bertz CT molecular complexity index is 511. The SMILES string of the molecule is CCOc1ccc(C(C#N)NCCC(=O)O)cc1OCC. The molecule has 0 bridgehead atoms. The highest BCUT2D eigenvalue weighted by Crippen LogP contribution is 2.30. The van der Waals surface area contributed by atoms with Gasteiger partial charge in [-0.1, -0.05) is 6.07 Å². The first-order chi connectivity index (χ1) is 10.1. The van der Waals surface area contributed by atoms with E-state index in [9.17, 15) is 10.1 Å². The molecular weight excluding hydrogens is 272 g/mol. The van der Waals surface area contributed by atoms with Gasteiger partial charge >= 0.3 is 5.97 Å². The fourth-order valence-corrected chi connectivity index (χ4v) is 1.81. The molecule has 0 spiro atoms. The maximum Gasteiger partial charge on any atom is 0.304 e. The molecule has 0 aliphatic carbocycles. The summed E-state index contributed by atoms with van der Waals surface area (Å²) < 4.78 is 11.0. The summed E-state index contributed by atoms with van der Waals surface area (Å²) in [4.78, 5) is 10.5. The molecule has 0 heterocycles. The van der Waals surface area contributed by atoms with Crippen LogP contribution in [-0.4, -0.2) is 30.8 Å². The van der Waals surface area contributed by atoms with E-state index in [1.165, 1.54) is 0 Å². The minimum absolute atomic E-state index is 0.0342. The summed E-state index contributed by atoms with van der Waals surface area (Å²) in [5.41, 5.74) is 0.717. The molecule has 0 saturated heterocycles. The lowest BCUT2D eigenvalue weighted by Crippen LogP contribution is -2.23. The van der Waals surface area contributed by atoms with Gasteiger partial charge in [-0.2, -0.15) is 5.26 Å². The number of rotatable bonds is 9. The number of aliphatic carboxylic acids is 1. The summed E-state index contributed by atoms with van der Waals surface area (Å²) in [7, 11) is 0. The molecule has 2 N–H and O–H groups in total.